The molecule has 6 heteroatoms. The summed E-state index contributed by atoms with van der Waals surface area (Å²) in [6.45, 7) is 2.03. The van der Waals surface area contributed by atoms with Gasteiger partial charge >= 0.3 is 7.12 Å². The Bertz CT molecular complexity index is 1040. The number of benzene rings is 2. The minimum absolute atomic E-state index is 0.0365. The van der Waals surface area contributed by atoms with Gasteiger partial charge in [-0.25, -0.2) is 0 Å². The number of ether oxygens (including phenoxy) is 1. The number of methoxy groups -OCH3 is 1. The van der Waals surface area contributed by atoms with Gasteiger partial charge in [0.2, 0.25) is 0 Å². The van der Waals surface area contributed by atoms with Crippen LogP contribution in [0.25, 0.3) is 17.0 Å². The Labute approximate surface area is 158 Å². The topological polar surface area (TPSA) is 53.5 Å². The first-order chi connectivity index (χ1) is 13.3. The lowest BCUT2D eigenvalue weighted by Gasteiger charge is -2.22. The van der Waals surface area contributed by atoms with Crippen molar-refractivity contribution >= 4 is 29.6 Å². The Morgan fingerprint density at radius 2 is 1.85 bits per heavy atom. The molecule has 1 aliphatic carbocycles. The van der Waals surface area contributed by atoms with Crippen LogP contribution in [0.4, 0.5) is 0 Å². The van der Waals surface area contributed by atoms with Crippen molar-refractivity contribution in [2.75, 3.05) is 7.11 Å². The maximum Gasteiger partial charge on any atom is 0.495 e. The quantitative estimate of drug-likeness (QED) is 0.673. The molecule has 1 aliphatic heterocycles. The minimum Gasteiger partial charge on any atom is -0.398 e. The lowest BCUT2D eigenvalue weighted by Crippen LogP contribution is -2.36. The van der Waals surface area contributed by atoms with E-state index >= 15 is 0 Å². The molecule has 0 radical (unpaired) electrons. The summed E-state index contributed by atoms with van der Waals surface area (Å²) >= 11 is 0. The number of nitrogens with zero attached hydrogens (tertiary/aromatic N) is 2. The molecule has 2 aliphatic rings. The van der Waals surface area contributed by atoms with Gasteiger partial charge in [-0.05, 0) is 30.1 Å². The predicted molar refractivity (Wildman–Crippen MR) is 105 cm³/mol. The maximum atomic E-state index is 6.42. The first kappa shape index (κ1) is 16.6. The Balaban J connectivity index is 1.57. The summed E-state index contributed by atoms with van der Waals surface area (Å²) in [5, 5.41) is 9.75. The number of hydrogen-bond acceptors (Lipinski definition) is 5. The second-order valence-corrected chi connectivity index (χ2v) is 6.87. The van der Waals surface area contributed by atoms with Crippen LogP contribution in [0.5, 0.6) is 0 Å². The highest BCUT2D eigenvalue weighted by Crippen LogP contribution is 2.40. The molecule has 2 aromatic carbocycles. The molecule has 1 fully saturated rings. The van der Waals surface area contributed by atoms with Crippen molar-refractivity contribution in [3.63, 3.8) is 0 Å². The van der Waals surface area contributed by atoms with E-state index in [0.717, 1.165) is 33.2 Å². The molecule has 3 aromatic rings. The number of rotatable bonds is 3. The van der Waals surface area contributed by atoms with E-state index in [1.54, 1.807) is 7.11 Å². The van der Waals surface area contributed by atoms with E-state index in [1.165, 1.54) is 0 Å². The molecule has 5 nitrogen and oxygen atoms in total. The van der Waals surface area contributed by atoms with Crippen molar-refractivity contribution < 1.29 is 14.0 Å². The van der Waals surface area contributed by atoms with E-state index in [-0.39, 0.29) is 18.3 Å². The molecule has 0 amide bonds. The Kier molecular flexibility index (Phi) is 4.04. The SMILES string of the molecule is CO[C@@H](C)c1ccccc1B1O[C@H]2C=Cc3nnc4ccccc4c3[C@H]2O1. The Hall–Kier alpha value is -2.54. The largest absolute Gasteiger partial charge is 0.495 e. The van der Waals surface area contributed by atoms with Crippen LogP contribution in [0.1, 0.15) is 36.0 Å². The second kappa shape index (κ2) is 6.57. The Morgan fingerprint density at radius 3 is 2.74 bits per heavy atom. The van der Waals surface area contributed by atoms with Crippen molar-refractivity contribution in [2.24, 2.45) is 0 Å². The standard InChI is InChI=1S/C21H19BN2O3/c1-13(25-2)14-7-3-5-9-16(14)22-26-19-12-11-18-20(21(19)27-22)15-8-4-6-10-17(15)23-24-18/h3-13,19,21H,1-2H3/t13-,19-,21-/m0/s1. The molecular formula is C21H19BN2O3. The molecule has 0 N–H and O–H groups in total. The summed E-state index contributed by atoms with van der Waals surface area (Å²) in [6.07, 6.45) is 3.59. The van der Waals surface area contributed by atoms with Crippen molar-refractivity contribution in [3.8, 4) is 0 Å². The van der Waals surface area contributed by atoms with Crippen molar-refractivity contribution in [2.45, 2.75) is 25.2 Å². The zero-order chi connectivity index (χ0) is 18.4. The smallest absolute Gasteiger partial charge is 0.398 e. The number of aromatic nitrogens is 2. The van der Waals surface area contributed by atoms with Crippen LogP contribution in [-0.4, -0.2) is 30.5 Å². The first-order valence-corrected chi connectivity index (χ1v) is 9.12. The average Bonchev–Trinajstić information content (AvgIpc) is 3.17. The third kappa shape index (κ3) is 2.68. The highest BCUT2D eigenvalue weighted by molar-refractivity contribution is 6.62. The Morgan fingerprint density at radius 1 is 1.04 bits per heavy atom. The monoisotopic (exact) mass is 358 g/mol. The second-order valence-electron chi connectivity index (χ2n) is 6.87. The fourth-order valence-corrected chi connectivity index (χ4v) is 3.90. The molecule has 27 heavy (non-hydrogen) atoms. The zero-order valence-electron chi connectivity index (χ0n) is 15.2. The van der Waals surface area contributed by atoms with Crippen LogP contribution in [0.15, 0.2) is 54.6 Å². The van der Waals surface area contributed by atoms with Gasteiger partial charge < -0.3 is 14.0 Å². The summed E-state index contributed by atoms with van der Waals surface area (Å²) < 4.78 is 18.2. The van der Waals surface area contributed by atoms with Gasteiger partial charge in [0, 0.05) is 18.1 Å². The van der Waals surface area contributed by atoms with E-state index in [1.807, 2.05) is 55.5 Å². The fourth-order valence-electron chi connectivity index (χ4n) is 3.90. The molecular weight excluding hydrogens is 339 g/mol. The summed E-state index contributed by atoms with van der Waals surface area (Å²) in [4.78, 5) is 0. The molecule has 0 spiro atoms. The van der Waals surface area contributed by atoms with Gasteiger partial charge in [-0.15, -0.1) is 5.10 Å². The fraction of sp³-hybridized carbons (Fsp3) is 0.238. The van der Waals surface area contributed by atoms with E-state index in [0.29, 0.717) is 0 Å². The van der Waals surface area contributed by atoms with Gasteiger partial charge in [-0.2, -0.15) is 5.10 Å². The van der Waals surface area contributed by atoms with E-state index < -0.39 is 7.12 Å². The van der Waals surface area contributed by atoms with E-state index in [4.69, 9.17) is 14.0 Å². The van der Waals surface area contributed by atoms with Gasteiger partial charge in [0.15, 0.2) is 0 Å². The van der Waals surface area contributed by atoms with Crippen LogP contribution in [0.3, 0.4) is 0 Å². The molecule has 0 bridgehead atoms. The van der Waals surface area contributed by atoms with Gasteiger partial charge in [-0.1, -0.05) is 48.5 Å². The van der Waals surface area contributed by atoms with Crippen molar-refractivity contribution in [1.29, 1.82) is 0 Å². The van der Waals surface area contributed by atoms with Crippen molar-refractivity contribution in [3.05, 3.63) is 71.4 Å². The number of fused-ring (bicyclic) bond motifs is 5. The average molecular weight is 358 g/mol. The molecule has 1 saturated heterocycles. The summed E-state index contributed by atoms with van der Waals surface area (Å²) in [5.74, 6) is 0. The molecule has 0 saturated carbocycles. The minimum atomic E-state index is -0.448. The summed E-state index contributed by atoms with van der Waals surface area (Å²) in [7, 11) is 1.26. The van der Waals surface area contributed by atoms with Crippen LogP contribution < -0.4 is 5.46 Å². The summed E-state index contributed by atoms with van der Waals surface area (Å²) in [6, 6.07) is 16.1. The molecule has 5 rings (SSSR count). The van der Waals surface area contributed by atoms with Gasteiger partial charge in [0.1, 0.15) is 0 Å². The highest BCUT2D eigenvalue weighted by Gasteiger charge is 2.44. The molecule has 3 atom stereocenters. The van der Waals surface area contributed by atoms with Crippen LogP contribution in [0.2, 0.25) is 0 Å². The lowest BCUT2D eigenvalue weighted by molar-refractivity contribution is 0.120. The zero-order valence-corrected chi connectivity index (χ0v) is 15.2. The number of hydrogen-bond donors (Lipinski definition) is 0. The van der Waals surface area contributed by atoms with Crippen LogP contribution in [-0.2, 0) is 14.0 Å². The summed E-state index contributed by atoms with van der Waals surface area (Å²) in [5.41, 5.74) is 4.84. The maximum absolute atomic E-state index is 6.42. The highest BCUT2D eigenvalue weighted by atomic mass is 16.7. The molecule has 134 valence electrons. The van der Waals surface area contributed by atoms with Gasteiger partial charge in [0.25, 0.3) is 0 Å². The third-order valence-electron chi connectivity index (χ3n) is 5.35. The van der Waals surface area contributed by atoms with Gasteiger partial charge in [0.05, 0.1) is 29.5 Å². The molecule has 1 aromatic heterocycles. The molecule has 2 heterocycles. The third-order valence-corrected chi connectivity index (χ3v) is 5.35. The van der Waals surface area contributed by atoms with Crippen LogP contribution >= 0.6 is 0 Å². The van der Waals surface area contributed by atoms with Gasteiger partial charge in [-0.3, -0.25) is 0 Å². The normalized spacial score (nSPS) is 21.9. The first-order valence-electron chi connectivity index (χ1n) is 9.12. The predicted octanol–water partition coefficient (Wildman–Crippen LogP) is 3.22. The van der Waals surface area contributed by atoms with E-state index in [9.17, 15) is 0 Å². The van der Waals surface area contributed by atoms with Crippen LogP contribution in [0, 0.1) is 0 Å². The molecule has 0 unspecified atom stereocenters. The van der Waals surface area contributed by atoms with E-state index in [2.05, 4.69) is 22.3 Å². The van der Waals surface area contributed by atoms with Crippen molar-refractivity contribution in [1.82, 2.24) is 10.2 Å². The lowest BCUT2D eigenvalue weighted by atomic mass is 9.75.